The van der Waals surface area contributed by atoms with Crippen molar-refractivity contribution in [3.05, 3.63) is 23.7 Å². The van der Waals surface area contributed by atoms with E-state index in [-0.39, 0.29) is 17.4 Å². The van der Waals surface area contributed by atoms with Gasteiger partial charge in [0.05, 0.1) is 33.8 Å². The first-order valence-corrected chi connectivity index (χ1v) is 14.0. The molecule has 1 atom stereocenters. The van der Waals surface area contributed by atoms with Gasteiger partial charge in [0.25, 0.3) is 0 Å². The Hall–Kier alpha value is -2.81. The first-order valence-electron chi connectivity index (χ1n) is 13.2. The number of aliphatic hydroxyl groups is 1. The van der Waals surface area contributed by atoms with Crippen molar-refractivity contribution in [3.63, 3.8) is 0 Å². The molecule has 0 aliphatic heterocycles. The van der Waals surface area contributed by atoms with Crippen LogP contribution < -0.4 is 10.6 Å². The van der Waals surface area contributed by atoms with Crippen molar-refractivity contribution < 1.29 is 35.8 Å². The maximum Gasteiger partial charge on any atom is 0.459 e. The zero-order valence-electron chi connectivity index (χ0n) is 22.7. The van der Waals surface area contributed by atoms with Crippen LogP contribution in [-0.2, 0) is 0 Å². The van der Waals surface area contributed by atoms with Crippen molar-refractivity contribution in [1.29, 1.82) is 0 Å². The van der Waals surface area contributed by atoms with Crippen LogP contribution in [0.5, 0.6) is 0 Å². The lowest BCUT2D eigenvalue weighted by Gasteiger charge is -2.32. The Morgan fingerprint density at radius 2 is 1.68 bits per heavy atom. The van der Waals surface area contributed by atoms with Crippen molar-refractivity contribution >= 4 is 33.3 Å². The lowest BCUT2D eigenvalue weighted by Crippen LogP contribution is -2.55. The van der Waals surface area contributed by atoms with Crippen molar-refractivity contribution in [2.45, 2.75) is 82.9 Å². The molecule has 0 bridgehead atoms. The molecule has 15 heteroatoms. The van der Waals surface area contributed by atoms with Gasteiger partial charge in [-0.15, -0.1) is 11.3 Å². The van der Waals surface area contributed by atoms with E-state index in [1.807, 2.05) is 12.2 Å². The Morgan fingerprint density at radius 3 is 2.29 bits per heavy atom. The number of fused-ring (bicyclic) bond motifs is 1. The standard InChI is InChI=1S/C26H31F7N6OS/c1-4-16(23(40)9-5-6-10-23)7-11-35-20-18(21-38-19-15(3)34-12-8-17(19)41-21)14(2)37-22(39-20)36-13-24(27,28)25(29,30)26(31,32)33/h8,12,16,40H,4-7,9-11,13H2,1-3H3,(H2,35,36,37,39)/t16-/m0/s1. The fourth-order valence-electron chi connectivity index (χ4n) is 5.25. The van der Waals surface area contributed by atoms with Crippen molar-refractivity contribution in [2.24, 2.45) is 5.92 Å². The third-order valence-electron chi connectivity index (χ3n) is 7.59. The van der Waals surface area contributed by atoms with Gasteiger partial charge in [-0.25, -0.2) is 9.97 Å². The van der Waals surface area contributed by atoms with Crippen LogP contribution in [0, 0.1) is 19.8 Å². The van der Waals surface area contributed by atoms with Crippen molar-refractivity contribution in [2.75, 3.05) is 23.7 Å². The van der Waals surface area contributed by atoms with E-state index in [4.69, 9.17) is 0 Å². The van der Waals surface area contributed by atoms with Crippen LogP contribution in [0.25, 0.3) is 20.8 Å². The molecule has 0 radical (unpaired) electrons. The van der Waals surface area contributed by atoms with Crippen LogP contribution in [-0.4, -0.2) is 61.8 Å². The van der Waals surface area contributed by atoms with Gasteiger partial charge in [-0.2, -0.15) is 35.7 Å². The summed E-state index contributed by atoms with van der Waals surface area (Å²) < 4.78 is 93.3. The van der Waals surface area contributed by atoms with Crippen molar-refractivity contribution in [3.8, 4) is 10.6 Å². The summed E-state index contributed by atoms with van der Waals surface area (Å²) in [6.07, 6.45) is -0.247. The zero-order valence-corrected chi connectivity index (χ0v) is 23.5. The van der Waals surface area contributed by atoms with E-state index in [1.165, 1.54) is 18.3 Å². The highest BCUT2D eigenvalue weighted by molar-refractivity contribution is 7.21. The summed E-state index contributed by atoms with van der Waals surface area (Å²) in [6.45, 7) is 3.57. The molecular weight excluding hydrogens is 577 g/mol. The summed E-state index contributed by atoms with van der Waals surface area (Å²) in [4.78, 5) is 17.1. The Labute approximate surface area is 236 Å². The number of aryl methyl sites for hydroxylation is 2. The number of hydrogen-bond donors (Lipinski definition) is 3. The van der Waals surface area contributed by atoms with Crippen molar-refractivity contribution in [1.82, 2.24) is 19.9 Å². The Morgan fingerprint density at radius 1 is 1.00 bits per heavy atom. The monoisotopic (exact) mass is 608 g/mol. The topological polar surface area (TPSA) is 95.9 Å². The number of nitrogens with zero attached hydrogens (tertiary/aromatic N) is 4. The maximum absolute atomic E-state index is 14.0. The second kappa shape index (κ2) is 11.5. The van der Waals surface area contributed by atoms with E-state index in [2.05, 4.69) is 25.3 Å². The summed E-state index contributed by atoms with van der Waals surface area (Å²) in [5.74, 6) is -12.1. The van der Waals surface area contributed by atoms with E-state index >= 15 is 0 Å². The zero-order chi connectivity index (χ0) is 30.2. The molecule has 0 amide bonds. The molecule has 0 spiro atoms. The number of aromatic nitrogens is 4. The summed E-state index contributed by atoms with van der Waals surface area (Å²) in [7, 11) is 0. The molecule has 0 aromatic carbocycles. The highest BCUT2D eigenvalue weighted by atomic mass is 32.1. The van der Waals surface area contributed by atoms with Gasteiger partial charge in [0.2, 0.25) is 5.95 Å². The SMILES string of the molecule is CC[C@@H](CCNc1nc(NCC(F)(F)C(F)(F)C(F)(F)F)nc(C)c1-c1nc2c(C)nccc2s1)C1(O)CCCC1. The largest absolute Gasteiger partial charge is 0.459 e. The van der Waals surface area contributed by atoms with Gasteiger partial charge in [-0.3, -0.25) is 4.98 Å². The van der Waals surface area contributed by atoms with E-state index in [9.17, 15) is 35.8 Å². The Bertz CT molecular complexity index is 1370. The number of thiazole rings is 1. The van der Waals surface area contributed by atoms with Gasteiger partial charge in [0.1, 0.15) is 16.3 Å². The minimum Gasteiger partial charge on any atom is -0.390 e. The second-order valence-corrected chi connectivity index (χ2v) is 11.4. The van der Waals surface area contributed by atoms with Gasteiger partial charge in [0, 0.05) is 12.7 Å². The number of alkyl halides is 7. The van der Waals surface area contributed by atoms with E-state index in [1.54, 1.807) is 19.2 Å². The van der Waals surface area contributed by atoms with Crippen LogP contribution in [0.3, 0.4) is 0 Å². The van der Waals surface area contributed by atoms with Crippen LogP contribution in [0.1, 0.15) is 56.8 Å². The minimum absolute atomic E-state index is 0.0130. The molecule has 41 heavy (non-hydrogen) atoms. The normalized spacial score (nSPS) is 16.8. The van der Waals surface area contributed by atoms with Crippen LogP contribution >= 0.6 is 11.3 Å². The van der Waals surface area contributed by atoms with Gasteiger partial charge in [0.15, 0.2) is 0 Å². The Balaban J connectivity index is 1.64. The number of nitrogens with one attached hydrogen (secondary N) is 2. The quantitative estimate of drug-likeness (QED) is 0.199. The molecule has 0 saturated heterocycles. The molecule has 4 rings (SSSR count). The average Bonchev–Trinajstić information content (AvgIpc) is 3.52. The number of pyridine rings is 1. The molecule has 3 aromatic heterocycles. The van der Waals surface area contributed by atoms with Crippen LogP contribution in [0.15, 0.2) is 12.3 Å². The predicted octanol–water partition coefficient (Wildman–Crippen LogP) is 7.14. The maximum atomic E-state index is 14.0. The fourth-order valence-corrected chi connectivity index (χ4v) is 6.36. The number of hydrogen-bond acceptors (Lipinski definition) is 8. The molecule has 3 heterocycles. The van der Waals surface area contributed by atoms with Gasteiger partial charge < -0.3 is 15.7 Å². The second-order valence-electron chi connectivity index (χ2n) is 10.4. The molecular formula is C26H31F7N6OS. The number of halogens is 7. The van der Waals surface area contributed by atoms with Gasteiger partial charge in [-0.05, 0) is 45.1 Å². The average molecular weight is 609 g/mol. The Kier molecular flexibility index (Phi) is 8.70. The third kappa shape index (κ3) is 6.20. The van der Waals surface area contributed by atoms with E-state index in [0.29, 0.717) is 47.6 Å². The molecule has 3 aromatic rings. The first-order chi connectivity index (χ1) is 19.1. The van der Waals surface area contributed by atoms with E-state index in [0.717, 1.165) is 24.0 Å². The summed E-state index contributed by atoms with van der Waals surface area (Å²) in [5, 5.41) is 16.5. The predicted molar refractivity (Wildman–Crippen MR) is 143 cm³/mol. The lowest BCUT2D eigenvalue weighted by atomic mass is 9.81. The van der Waals surface area contributed by atoms with Gasteiger partial charge >= 0.3 is 18.0 Å². The lowest BCUT2D eigenvalue weighted by molar-refractivity contribution is -0.350. The minimum atomic E-state index is -6.44. The molecule has 3 N–H and O–H groups in total. The number of anilines is 2. The highest BCUT2D eigenvalue weighted by Crippen LogP contribution is 2.46. The third-order valence-corrected chi connectivity index (χ3v) is 8.62. The van der Waals surface area contributed by atoms with Crippen LogP contribution in [0.2, 0.25) is 0 Å². The summed E-state index contributed by atoms with van der Waals surface area (Å²) in [5.41, 5.74) is 1.21. The van der Waals surface area contributed by atoms with E-state index < -0.39 is 36.1 Å². The first kappa shape index (κ1) is 31.1. The fraction of sp³-hybridized carbons (Fsp3) is 0.615. The summed E-state index contributed by atoms with van der Waals surface area (Å²) >= 11 is 1.31. The molecule has 1 aliphatic rings. The van der Waals surface area contributed by atoms with Crippen LogP contribution in [0.4, 0.5) is 42.5 Å². The summed E-state index contributed by atoms with van der Waals surface area (Å²) in [6, 6.07) is 1.78. The smallest absolute Gasteiger partial charge is 0.390 e. The molecule has 0 unspecified atom stereocenters. The molecule has 1 fully saturated rings. The van der Waals surface area contributed by atoms with Gasteiger partial charge in [-0.1, -0.05) is 26.2 Å². The molecule has 1 aliphatic carbocycles. The molecule has 1 saturated carbocycles. The molecule has 226 valence electrons. The highest BCUT2D eigenvalue weighted by Gasteiger charge is 2.72. The number of rotatable bonds is 11. The molecule has 7 nitrogen and oxygen atoms in total.